The lowest BCUT2D eigenvalue weighted by Crippen LogP contribution is -1.93. The summed E-state index contributed by atoms with van der Waals surface area (Å²) in [5.41, 5.74) is 0.734. The molecule has 1 aromatic heterocycles. The Balaban J connectivity index is 2.72. The van der Waals surface area contributed by atoms with Gasteiger partial charge in [-0.3, -0.25) is 14.8 Å². The third-order valence-electron chi connectivity index (χ3n) is 1.77. The number of hydrogen-bond donors (Lipinski definition) is 3. The highest BCUT2D eigenvalue weighted by molar-refractivity contribution is 7.72. The molecule has 0 unspecified atom stereocenters. The van der Waals surface area contributed by atoms with Crippen molar-refractivity contribution in [2.45, 2.75) is 0 Å². The van der Waals surface area contributed by atoms with E-state index in [-0.39, 0.29) is 5.75 Å². The van der Waals surface area contributed by atoms with E-state index >= 15 is 0 Å². The first kappa shape index (κ1) is 9.17. The van der Waals surface area contributed by atoms with Gasteiger partial charge in [0.15, 0.2) is 9.54 Å². The van der Waals surface area contributed by atoms with Crippen LogP contribution in [-0.4, -0.2) is 19.9 Å². The maximum Gasteiger partial charge on any atom is 0.198 e. The molecule has 2 aromatic rings. The van der Waals surface area contributed by atoms with E-state index in [0.29, 0.717) is 9.54 Å². The Morgan fingerprint density at radius 2 is 1.79 bits per heavy atom. The summed E-state index contributed by atoms with van der Waals surface area (Å²) in [6.07, 6.45) is 0. The molecule has 0 saturated heterocycles. The maximum absolute atomic E-state index is 9.29. The van der Waals surface area contributed by atoms with E-state index in [1.807, 2.05) is 6.07 Å². The van der Waals surface area contributed by atoms with Crippen molar-refractivity contribution in [1.29, 1.82) is 0 Å². The SMILES string of the molecule is Oc1cccc(-n2c(=S)[nH][nH]c2=S)c1. The fraction of sp³-hybridized carbons (Fsp3) is 0. The van der Waals surface area contributed by atoms with Crippen LogP contribution < -0.4 is 0 Å². The molecule has 0 bridgehead atoms. The summed E-state index contributed by atoms with van der Waals surface area (Å²) in [7, 11) is 0. The number of phenolic OH excluding ortho intramolecular Hbond substituents is 1. The number of hydrogen-bond acceptors (Lipinski definition) is 3. The molecule has 0 aliphatic carbocycles. The van der Waals surface area contributed by atoms with Gasteiger partial charge in [-0.05, 0) is 36.6 Å². The van der Waals surface area contributed by atoms with Crippen LogP contribution in [0.2, 0.25) is 0 Å². The molecule has 0 atom stereocenters. The fourth-order valence-corrected chi connectivity index (χ4v) is 1.73. The van der Waals surface area contributed by atoms with Gasteiger partial charge in [-0.2, -0.15) is 0 Å². The second kappa shape index (κ2) is 3.39. The molecule has 3 N–H and O–H groups in total. The lowest BCUT2D eigenvalue weighted by atomic mass is 10.3. The third-order valence-corrected chi connectivity index (χ3v) is 2.34. The molecule has 14 heavy (non-hydrogen) atoms. The van der Waals surface area contributed by atoms with Gasteiger partial charge < -0.3 is 5.11 Å². The summed E-state index contributed by atoms with van der Waals surface area (Å²) >= 11 is 10.1. The Morgan fingerprint density at radius 1 is 1.14 bits per heavy atom. The molecule has 0 amide bonds. The van der Waals surface area contributed by atoms with Crippen LogP contribution in [0.15, 0.2) is 24.3 Å². The minimum atomic E-state index is 0.181. The van der Waals surface area contributed by atoms with Crippen molar-refractivity contribution in [2.24, 2.45) is 0 Å². The van der Waals surface area contributed by atoms with E-state index < -0.39 is 0 Å². The lowest BCUT2D eigenvalue weighted by Gasteiger charge is -2.00. The molecule has 0 radical (unpaired) electrons. The molecule has 2 rings (SSSR count). The van der Waals surface area contributed by atoms with E-state index in [1.54, 1.807) is 22.8 Å². The average Bonchev–Trinajstić information content (AvgIpc) is 2.46. The Morgan fingerprint density at radius 3 is 2.36 bits per heavy atom. The van der Waals surface area contributed by atoms with Crippen molar-refractivity contribution < 1.29 is 5.11 Å². The Kier molecular flexibility index (Phi) is 2.22. The number of H-pyrrole nitrogens is 2. The summed E-state index contributed by atoms with van der Waals surface area (Å²) in [5.74, 6) is 0.181. The van der Waals surface area contributed by atoms with Crippen LogP contribution in [0, 0.1) is 9.54 Å². The van der Waals surface area contributed by atoms with E-state index in [0.717, 1.165) is 5.69 Å². The summed E-state index contributed by atoms with van der Waals surface area (Å²) in [5, 5.41) is 14.7. The summed E-state index contributed by atoms with van der Waals surface area (Å²) in [6.45, 7) is 0. The summed E-state index contributed by atoms with van der Waals surface area (Å²) in [4.78, 5) is 0. The van der Waals surface area contributed by atoms with E-state index in [9.17, 15) is 5.11 Å². The van der Waals surface area contributed by atoms with Crippen molar-refractivity contribution >= 4 is 24.4 Å². The molecular weight excluding hydrogens is 218 g/mol. The number of rotatable bonds is 1. The van der Waals surface area contributed by atoms with Crippen LogP contribution in [0.1, 0.15) is 0 Å². The van der Waals surface area contributed by atoms with Crippen molar-refractivity contribution in [3.05, 3.63) is 33.8 Å². The monoisotopic (exact) mass is 225 g/mol. The zero-order valence-corrected chi connectivity index (χ0v) is 8.65. The molecule has 1 heterocycles. The zero-order valence-electron chi connectivity index (χ0n) is 7.02. The van der Waals surface area contributed by atoms with Gasteiger partial charge in [0.05, 0.1) is 5.69 Å². The Bertz CT molecular complexity index is 539. The van der Waals surface area contributed by atoms with Gasteiger partial charge in [-0.15, -0.1) is 0 Å². The normalized spacial score (nSPS) is 10.3. The van der Waals surface area contributed by atoms with Crippen molar-refractivity contribution in [1.82, 2.24) is 14.8 Å². The first-order valence-corrected chi connectivity index (χ1v) is 4.69. The first-order valence-electron chi connectivity index (χ1n) is 3.87. The lowest BCUT2D eigenvalue weighted by molar-refractivity contribution is 0.475. The number of aromatic hydroxyl groups is 1. The highest BCUT2D eigenvalue weighted by Gasteiger charge is 2.00. The van der Waals surface area contributed by atoms with Crippen molar-refractivity contribution in [2.75, 3.05) is 0 Å². The number of nitrogens with zero attached hydrogens (tertiary/aromatic N) is 1. The van der Waals surface area contributed by atoms with Gasteiger partial charge in [-0.25, -0.2) is 0 Å². The van der Waals surface area contributed by atoms with E-state index in [2.05, 4.69) is 10.2 Å². The van der Waals surface area contributed by atoms with Crippen LogP contribution in [0.25, 0.3) is 5.69 Å². The quantitative estimate of drug-likeness (QED) is 0.653. The number of phenols is 1. The van der Waals surface area contributed by atoms with Crippen LogP contribution in [-0.2, 0) is 0 Å². The highest BCUT2D eigenvalue weighted by Crippen LogP contribution is 2.15. The maximum atomic E-state index is 9.29. The number of aromatic nitrogens is 3. The molecule has 0 spiro atoms. The van der Waals surface area contributed by atoms with Gasteiger partial charge in [0.25, 0.3) is 0 Å². The van der Waals surface area contributed by atoms with Crippen LogP contribution >= 0.6 is 24.4 Å². The predicted octanol–water partition coefficient (Wildman–Crippen LogP) is 2.30. The standard InChI is InChI=1S/C8H7N3OS2/c12-6-3-1-2-5(4-6)11-7(13)9-10-8(11)14/h1-4,12H,(H,9,13)(H,10,14). The van der Waals surface area contributed by atoms with E-state index in [1.165, 1.54) is 0 Å². The minimum absolute atomic E-state index is 0.181. The molecule has 72 valence electrons. The third kappa shape index (κ3) is 1.49. The second-order valence-electron chi connectivity index (χ2n) is 2.72. The molecule has 0 fully saturated rings. The van der Waals surface area contributed by atoms with Gasteiger partial charge in [0, 0.05) is 6.07 Å². The Labute approximate surface area is 89.8 Å². The van der Waals surface area contributed by atoms with Crippen molar-refractivity contribution in [3.63, 3.8) is 0 Å². The minimum Gasteiger partial charge on any atom is -0.508 e. The fourth-order valence-electron chi connectivity index (χ4n) is 1.18. The van der Waals surface area contributed by atoms with Crippen molar-refractivity contribution in [3.8, 4) is 11.4 Å². The molecule has 0 aliphatic rings. The van der Waals surface area contributed by atoms with Gasteiger partial charge >= 0.3 is 0 Å². The topological polar surface area (TPSA) is 56.7 Å². The second-order valence-corrected chi connectivity index (χ2v) is 3.49. The molecule has 1 aromatic carbocycles. The first-order chi connectivity index (χ1) is 6.68. The van der Waals surface area contributed by atoms with E-state index in [4.69, 9.17) is 24.4 Å². The van der Waals surface area contributed by atoms with Crippen LogP contribution in [0.3, 0.4) is 0 Å². The summed E-state index contributed by atoms with van der Waals surface area (Å²) < 4.78 is 2.57. The zero-order chi connectivity index (χ0) is 10.1. The highest BCUT2D eigenvalue weighted by atomic mass is 32.1. The number of aromatic amines is 2. The smallest absolute Gasteiger partial charge is 0.198 e. The molecule has 6 heteroatoms. The largest absolute Gasteiger partial charge is 0.508 e. The number of nitrogens with one attached hydrogen (secondary N) is 2. The predicted molar refractivity (Wildman–Crippen MR) is 57.8 cm³/mol. The molecule has 0 aliphatic heterocycles. The molecular formula is C8H7N3OS2. The average molecular weight is 225 g/mol. The van der Waals surface area contributed by atoms with Gasteiger partial charge in [0.1, 0.15) is 5.75 Å². The molecule has 0 saturated carbocycles. The van der Waals surface area contributed by atoms with Crippen LogP contribution in [0.5, 0.6) is 5.75 Å². The van der Waals surface area contributed by atoms with Gasteiger partial charge in [-0.1, -0.05) is 6.07 Å². The van der Waals surface area contributed by atoms with Gasteiger partial charge in [0.2, 0.25) is 0 Å². The van der Waals surface area contributed by atoms with Crippen LogP contribution in [0.4, 0.5) is 0 Å². The molecule has 4 nitrogen and oxygen atoms in total. The number of benzene rings is 1. The summed E-state index contributed by atoms with van der Waals surface area (Å²) in [6, 6.07) is 6.72. The Hall–Kier alpha value is -1.40.